The second kappa shape index (κ2) is 8.52. The molecule has 2 heteroatoms. The van der Waals surface area contributed by atoms with Gasteiger partial charge in [0, 0.05) is 12.8 Å². The van der Waals surface area contributed by atoms with Crippen LogP contribution in [0.3, 0.4) is 0 Å². The number of hydrogen-bond donors (Lipinski definition) is 0. The summed E-state index contributed by atoms with van der Waals surface area (Å²) in [7, 11) is 1.66. The summed E-state index contributed by atoms with van der Waals surface area (Å²) in [5.74, 6) is 1.67. The number of aryl methyl sites for hydroxylation is 1. The Morgan fingerprint density at radius 3 is 2.63 bits per heavy atom. The average Bonchev–Trinajstić information content (AvgIpc) is 2.43. The lowest BCUT2D eigenvalue weighted by Crippen LogP contribution is -2.06. The number of allylic oxidation sites excluding steroid dienone is 1. The SMILES string of the molecule is C=CCCC(C)CC(=O)CCc1ccc(OC)cc1. The zero-order valence-electron chi connectivity index (χ0n) is 12.0. The summed E-state index contributed by atoms with van der Waals surface area (Å²) in [5, 5.41) is 0. The van der Waals surface area contributed by atoms with Crippen molar-refractivity contribution in [1.82, 2.24) is 0 Å². The fourth-order valence-electron chi connectivity index (χ4n) is 2.07. The van der Waals surface area contributed by atoms with Crippen molar-refractivity contribution in [2.45, 2.75) is 39.0 Å². The molecule has 0 aliphatic rings. The van der Waals surface area contributed by atoms with Crippen LogP contribution in [0.5, 0.6) is 5.75 Å². The molecule has 0 aromatic heterocycles. The Hall–Kier alpha value is -1.57. The quantitative estimate of drug-likeness (QED) is 0.622. The van der Waals surface area contributed by atoms with Gasteiger partial charge in [0.2, 0.25) is 0 Å². The van der Waals surface area contributed by atoms with Crippen molar-refractivity contribution in [3.05, 3.63) is 42.5 Å². The number of ether oxygens (including phenoxy) is 1. The van der Waals surface area contributed by atoms with E-state index in [0.29, 0.717) is 24.5 Å². The molecule has 0 radical (unpaired) electrons. The molecule has 2 nitrogen and oxygen atoms in total. The maximum atomic E-state index is 11.9. The summed E-state index contributed by atoms with van der Waals surface area (Å²) in [5.41, 5.74) is 1.19. The highest BCUT2D eigenvalue weighted by atomic mass is 16.5. The molecule has 0 saturated carbocycles. The second-order valence-electron chi connectivity index (χ2n) is 5.06. The van der Waals surface area contributed by atoms with Gasteiger partial charge in [0.25, 0.3) is 0 Å². The zero-order valence-corrected chi connectivity index (χ0v) is 12.0. The van der Waals surface area contributed by atoms with Gasteiger partial charge in [-0.3, -0.25) is 4.79 Å². The van der Waals surface area contributed by atoms with Gasteiger partial charge in [-0.05, 0) is 42.9 Å². The van der Waals surface area contributed by atoms with Gasteiger partial charge in [0.15, 0.2) is 0 Å². The van der Waals surface area contributed by atoms with E-state index in [9.17, 15) is 4.79 Å². The maximum absolute atomic E-state index is 11.9. The first-order chi connectivity index (χ1) is 9.15. The van der Waals surface area contributed by atoms with E-state index in [1.54, 1.807) is 7.11 Å². The molecule has 0 aliphatic carbocycles. The molecule has 0 heterocycles. The normalized spacial score (nSPS) is 11.9. The minimum Gasteiger partial charge on any atom is -0.497 e. The number of carbonyl (C=O) groups is 1. The lowest BCUT2D eigenvalue weighted by atomic mass is 9.96. The molecule has 0 saturated heterocycles. The third-order valence-electron chi connectivity index (χ3n) is 3.29. The minimum absolute atomic E-state index is 0.354. The van der Waals surface area contributed by atoms with Crippen molar-refractivity contribution in [2.24, 2.45) is 5.92 Å². The molecule has 1 aromatic rings. The molecule has 1 atom stereocenters. The van der Waals surface area contributed by atoms with Crippen molar-refractivity contribution in [1.29, 1.82) is 0 Å². The van der Waals surface area contributed by atoms with Gasteiger partial charge in [-0.1, -0.05) is 25.1 Å². The monoisotopic (exact) mass is 260 g/mol. The average molecular weight is 260 g/mol. The molecule has 0 fully saturated rings. The molecule has 1 rings (SSSR count). The third kappa shape index (κ3) is 6.23. The minimum atomic E-state index is 0.354. The van der Waals surface area contributed by atoms with Crippen LogP contribution in [-0.4, -0.2) is 12.9 Å². The standard InChI is InChI=1S/C17H24O2/c1-4-5-6-14(2)13-16(18)10-7-15-8-11-17(19-3)12-9-15/h4,8-9,11-12,14H,1,5-7,10,13H2,2-3H3. The van der Waals surface area contributed by atoms with Crippen LogP contribution in [0.25, 0.3) is 0 Å². The van der Waals surface area contributed by atoms with E-state index < -0.39 is 0 Å². The van der Waals surface area contributed by atoms with Gasteiger partial charge in [0.05, 0.1) is 7.11 Å². The Bertz CT molecular complexity index is 392. The van der Waals surface area contributed by atoms with Crippen molar-refractivity contribution < 1.29 is 9.53 Å². The third-order valence-corrected chi connectivity index (χ3v) is 3.29. The number of carbonyl (C=O) groups excluding carboxylic acids is 1. The number of Topliss-reactive ketones (excluding diaryl/α,β-unsaturated/α-hetero) is 1. The molecule has 0 amide bonds. The molecular weight excluding hydrogens is 236 g/mol. The first-order valence-electron chi connectivity index (χ1n) is 6.91. The van der Waals surface area contributed by atoms with Crippen LogP contribution in [0.15, 0.2) is 36.9 Å². The van der Waals surface area contributed by atoms with Gasteiger partial charge in [-0.15, -0.1) is 6.58 Å². The van der Waals surface area contributed by atoms with E-state index in [1.165, 1.54) is 5.56 Å². The first kappa shape index (κ1) is 15.5. The molecule has 1 unspecified atom stereocenters. The fraction of sp³-hybridized carbons (Fsp3) is 0.471. The molecule has 1 aromatic carbocycles. The van der Waals surface area contributed by atoms with Crippen molar-refractivity contribution in [2.75, 3.05) is 7.11 Å². The molecule has 0 aliphatic heterocycles. The van der Waals surface area contributed by atoms with Gasteiger partial charge < -0.3 is 4.74 Å². The zero-order chi connectivity index (χ0) is 14.1. The highest BCUT2D eigenvalue weighted by Crippen LogP contribution is 2.15. The van der Waals surface area contributed by atoms with Crippen LogP contribution < -0.4 is 4.74 Å². The van der Waals surface area contributed by atoms with Crippen LogP contribution in [-0.2, 0) is 11.2 Å². The van der Waals surface area contributed by atoms with Crippen molar-refractivity contribution in [3.63, 3.8) is 0 Å². The van der Waals surface area contributed by atoms with Crippen LogP contribution in [0, 0.1) is 5.92 Å². The van der Waals surface area contributed by atoms with Gasteiger partial charge in [-0.25, -0.2) is 0 Å². The van der Waals surface area contributed by atoms with E-state index in [-0.39, 0.29) is 0 Å². The summed E-state index contributed by atoms with van der Waals surface area (Å²) in [6, 6.07) is 7.92. The van der Waals surface area contributed by atoms with E-state index in [2.05, 4.69) is 13.5 Å². The van der Waals surface area contributed by atoms with E-state index in [4.69, 9.17) is 4.74 Å². The lowest BCUT2D eigenvalue weighted by Gasteiger charge is -2.09. The fourth-order valence-corrected chi connectivity index (χ4v) is 2.07. The predicted octanol–water partition coefficient (Wildman–Crippen LogP) is 4.19. The second-order valence-corrected chi connectivity index (χ2v) is 5.06. The molecule has 0 spiro atoms. The van der Waals surface area contributed by atoms with E-state index in [0.717, 1.165) is 25.0 Å². The molecule has 0 bridgehead atoms. The maximum Gasteiger partial charge on any atom is 0.133 e. The molecule has 19 heavy (non-hydrogen) atoms. The number of rotatable bonds is 9. The summed E-state index contributed by atoms with van der Waals surface area (Å²) in [4.78, 5) is 11.9. The number of ketones is 1. The van der Waals surface area contributed by atoms with Gasteiger partial charge >= 0.3 is 0 Å². The van der Waals surface area contributed by atoms with Crippen molar-refractivity contribution >= 4 is 5.78 Å². The Morgan fingerprint density at radius 1 is 1.37 bits per heavy atom. The Balaban J connectivity index is 2.30. The van der Waals surface area contributed by atoms with Gasteiger partial charge in [0.1, 0.15) is 11.5 Å². The molecule has 104 valence electrons. The highest BCUT2D eigenvalue weighted by molar-refractivity contribution is 5.78. The Morgan fingerprint density at radius 2 is 2.05 bits per heavy atom. The van der Waals surface area contributed by atoms with Crippen LogP contribution in [0.2, 0.25) is 0 Å². The first-order valence-corrected chi connectivity index (χ1v) is 6.91. The smallest absolute Gasteiger partial charge is 0.133 e. The summed E-state index contributed by atoms with van der Waals surface area (Å²) < 4.78 is 5.11. The molecule has 0 N–H and O–H groups in total. The number of hydrogen-bond acceptors (Lipinski definition) is 2. The topological polar surface area (TPSA) is 26.3 Å². The molecular formula is C17H24O2. The summed E-state index contributed by atoms with van der Waals surface area (Å²) >= 11 is 0. The lowest BCUT2D eigenvalue weighted by molar-refractivity contribution is -0.119. The van der Waals surface area contributed by atoms with Crippen LogP contribution in [0.4, 0.5) is 0 Å². The number of benzene rings is 1. The van der Waals surface area contributed by atoms with Crippen LogP contribution in [0.1, 0.15) is 38.2 Å². The van der Waals surface area contributed by atoms with Gasteiger partial charge in [-0.2, -0.15) is 0 Å². The van der Waals surface area contributed by atoms with Crippen molar-refractivity contribution in [3.8, 4) is 5.75 Å². The van der Waals surface area contributed by atoms with Crippen LogP contribution >= 0.6 is 0 Å². The Labute approximate surface area is 116 Å². The predicted molar refractivity (Wildman–Crippen MR) is 79.5 cm³/mol. The summed E-state index contributed by atoms with van der Waals surface area (Å²) in [6.07, 6.45) is 6.09. The van der Waals surface area contributed by atoms with E-state index >= 15 is 0 Å². The van der Waals surface area contributed by atoms with E-state index in [1.807, 2.05) is 30.3 Å². The number of methoxy groups -OCH3 is 1. The Kier molecular flexibility index (Phi) is 6.94. The highest BCUT2D eigenvalue weighted by Gasteiger charge is 2.08. The summed E-state index contributed by atoms with van der Waals surface area (Å²) in [6.45, 7) is 5.84. The largest absolute Gasteiger partial charge is 0.497 e.